The molecule has 0 radical (unpaired) electrons. The summed E-state index contributed by atoms with van der Waals surface area (Å²) in [5.41, 5.74) is 0. The Bertz CT molecular complexity index is 422. The number of amides is 1. The summed E-state index contributed by atoms with van der Waals surface area (Å²) in [6.07, 6.45) is 2.79. The molecule has 1 atom stereocenters. The second kappa shape index (κ2) is 9.92. The molecular formula is C15H23ClN2O2S. The highest BCUT2D eigenvalue weighted by atomic mass is 35.5. The van der Waals surface area contributed by atoms with Gasteiger partial charge in [0.15, 0.2) is 0 Å². The molecule has 1 saturated heterocycles. The Morgan fingerprint density at radius 1 is 1.43 bits per heavy atom. The van der Waals surface area contributed by atoms with Crippen LogP contribution in [0.1, 0.15) is 19.3 Å². The highest BCUT2D eigenvalue weighted by Gasteiger charge is 2.14. The third-order valence-electron chi connectivity index (χ3n) is 3.32. The zero-order chi connectivity index (χ0) is 14.2. The van der Waals surface area contributed by atoms with E-state index in [0.29, 0.717) is 12.5 Å². The third-order valence-corrected chi connectivity index (χ3v) is 4.33. The maximum atomic E-state index is 11.8. The Hall–Kier alpha value is -0.910. The summed E-state index contributed by atoms with van der Waals surface area (Å²) in [6.45, 7) is 1.97. The third kappa shape index (κ3) is 6.59. The Kier molecular flexibility index (Phi) is 8.57. The molecule has 1 aromatic carbocycles. The number of nitrogens with one attached hydrogen (secondary N) is 2. The van der Waals surface area contributed by atoms with Gasteiger partial charge in [0.1, 0.15) is 5.75 Å². The van der Waals surface area contributed by atoms with Crippen LogP contribution >= 0.6 is 24.2 Å². The van der Waals surface area contributed by atoms with Crippen LogP contribution in [0.2, 0.25) is 0 Å². The molecular weight excluding hydrogens is 308 g/mol. The van der Waals surface area contributed by atoms with Crippen LogP contribution in [0.5, 0.6) is 5.75 Å². The first-order valence-electron chi connectivity index (χ1n) is 7.05. The van der Waals surface area contributed by atoms with E-state index in [1.165, 1.54) is 0 Å². The van der Waals surface area contributed by atoms with Crippen LogP contribution in [0.15, 0.2) is 29.2 Å². The lowest BCUT2D eigenvalue weighted by Gasteiger charge is -2.23. The quantitative estimate of drug-likeness (QED) is 0.787. The zero-order valence-corrected chi connectivity index (χ0v) is 13.9. The standard InChI is InChI=1S/C15H22N2O2S.ClH/c1-19-13-4-6-14(7-5-13)20-10-8-15(18)17-12-3-2-9-16-11-12;/h4-7,12,16H,2-3,8-11H2,1H3,(H,17,18);1H/t12-;/m0./s1. The molecule has 4 nitrogen and oxygen atoms in total. The molecule has 1 heterocycles. The molecule has 2 N–H and O–H groups in total. The minimum absolute atomic E-state index is 0. The van der Waals surface area contributed by atoms with Gasteiger partial charge >= 0.3 is 0 Å². The lowest BCUT2D eigenvalue weighted by atomic mass is 10.1. The van der Waals surface area contributed by atoms with Gasteiger partial charge < -0.3 is 15.4 Å². The van der Waals surface area contributed by atoms with Gasteiger partial charge in [-0.2, -0.15) is 0 Å². The molecule has 0 unspecified atom stereocenters. The number of ether oxygens (including phenoxy) is 1. The van der Waals surface area contributed by atoms with E-state index >= 15 is 0 Å². The number of carbonyl (C=O) groups excluding carboxylic acids is 1. The van der Waals surface area contributed by atoms with E-state index < -0.39 is 0 Å². The Balaban J connectivity index is 0.00000220. The summed E-state index contributed by atoms with van der Waals surface area (Å²) in [6, 6.07) is 8.23. The summed E-state index contributed by atoms with van der Waals surface area (Å²) in [5.74, 6) is 1.81. The minimum atomic E-state index is 0. The van der Waals surface area contributed by atoms with E-state index in [0.717, 1.165) is 42.3 Å². The van der Waals surface area contributed by atoms with Gasteiger partial charge in [0.25, 0.3) is 0 Å². The maximum Gasteiger partial charge on any atom is 0.221 e. The molecule has 6 heteroatoms. The number of piperidine rings is 1. The fraction of sp³-hybridized carbons (Fsp3) is 0.533. The van der Waals surface area contributed by atoms with Crippen LogP contribution in [-0.4, -0.2) is 37.9 Å². The number of carbonyl (C=O) groups is 1. The number of hydrogen-bond acceptors (Lipinski definition) is 4. The first-order valence-corrected chi connectivity index (χ1v) is 8.03. The Labute approximate surface area is 136 Å². The van der Waals surface area contributed by atoms with Crippen LogP contribution in [0, 0.1) is 0 Å². The van der Waals surface area contributed by atoms with E-state index in [1.807, 2.05) is 24.3 Å². The van der Waals surface area contributed by atoms with Crippen LogP contribution in [0.3, 0.4) is 0 Å². The lowest BCUT2D eigenvalue weighted by molar-refractivity contribution is -0.121. The summed E-state index contributed by atoms with van der Waals surface area (Å²) in [4.78, 5) is 13.0. The second-order valence-electron chi connectivity index (χ2n) is 4.88. The topological polar surface area (TPSA) is 50.4 Å². The largest absolute Gasteiger partial charge is 0.497 e. The van der Waals surface area contributed by atoms with Crippen molar-refractivity contribution in [3.63, 3.8) is 0 Å². The highest BCUT2D eigenvalue weighted by Crippen LogP contribution is 2.21. The SMILES string of the molecule is COc1ccc(SCCC(=O)N[C@H]2CCCNC2)cc1.Cl. The van der Waals surface area contributed by atoms with Crippen molar-refractivity contribution in [1.82, 2.24) is 10.6 Å². The van der Waals surface area contributed by atoms with Crippen molar-refractivity contribution in [2.75, 3.05) is 26.0 Å². The molecule has 1 fully saturated rings. The molecule has 21 heavy (non-hydrogen) atoms. The van der Waals surface area contributed by atoms with Gasteiger partial charge in [-0.3, -0.25) is 4.79 Å². The number of hydrogen-bond donors (Lipinski definition) is 2. The van der Waals surface area contributed by atoms with Crippen molar-refractivity contribution in [2.24, 2.45) is 0 Å². The average Bonchev–Trinajstić information content (AvgIpc) is 2.49. The number of benzene rings is 1. The lowest BCUT2D eigenvalue weighted by Crippen LogP contribution is -2.45. The van der Waals surface area contributed by atoms with Crippen molar-refractivity contribution >= 4 is 30.1 Å². The molecule has 0 spiro atoms. The van der Waals surface area contributed by atoms with Crippen LogP contribution < -0.4 is 15.4 Å². The fourth-order valence-corrected chi connectivity index (χ4v) is 3.06. The number of methoxy groups -OCH3 is 1. The average molecular weight is 331 g/mol. The number of halogens is 1. The van der Waals surface area contributed by atoms with Gasteiger partial charge in [-0.15, -0.1) is 24.2 Å². The van der Waals surface area contributed by atoms with Gasteiger partial charge in [0.05, 0.1) is 7.11 Å². The zero-order valence-electron chi connectivity index (χ0n) is 12.3. The molecule has 1 aromatic rings. The summed E-state index contributed by atoms with van der Waals surface area (Å²) < 4.78 is 5.12. The van der Waals surface area contributed by atoms with Crippen molar-refractivity contribution in [2.45, 2.75) is 30.2 Å². The predicted molar refractivity (Wildman–Crippen MR) is 89.6 cm³/mol. The van der Waals surface area contributed by atoms with E-state index in [-0.39, 0.29) is 18.3 Å². The van der Waals surface area contributed by atoms with E-state index in [1.54, 1.807) is 18.9 Å². The summed E-state index contributed by atoms with van der Waals surface area (Å²) in [5, 5.41) is 6.39. The van der Waals surface area contributed by atoms with Crippen molar-refractivity contribution in [3.05, 3.63) is 24.3 Å². The fourth-order valence-electron chi connectivity index (χ4n) is 2.21. The van der Waals surface area contributed by atoms with Crippen LogP contribution in [0.4, 0.5) is 0 Å². The van der Waals surface area contributed by atoms with Crippen LogP contribution in [-0.2, 0) is 4.79 Å². The smallest absolute Gasteiger partial charge is 0.221 e. The number of thioether (sulfide) groups is 1. The molecule has 2 rings (SSSR count). The van der Waals surface area contributed by atoms with Gasteiger partial charge in [-0.1, -0.05) is 0 Å². The van der Waals surface area contributed by atoms with Crippen molar-refractivity contribution in [3.8, 4) is 5.75 Å². The Morgan fingerprint density at radius 3 is 2.81 bits per heavy atom. The van der Waals surface area contributed by atoms with Gasteiger partial charge in [-0.05, 0) is 43.7 Å². The first kappa shape index (κ1) is 18.1. The molecule has 1 amide bonds. The van der Waals surface area contributed by atoms with Crippen molar-refractivity contribution < 1.29 is 9.53 Å². The maximum absolute atomic E-state index is 11.8. The molecule has 1 aliphatic heterocycles. The van der Waals surface area contributed by atoms with Crippen LogP contribution in [0.25, 0.3) is 0 Å². The second-order valence-corrected chi connectivity index (χ2v) is 6.05. The minimum Gasteiger partial charge on any atom is -0.497 e. The van der Waals surface area contributed by atoms with Gasteiger partial charge in [0, 0.05) is 29.7 Å². The molecule has 0 saturated carbocycles. The highest BCUT2D eigenvalue weighted by molar-refractivity contribution is 7.99. The normalized spacial score (nSPS) is 17.7. The summed E-state index contributed by atoms with van der Waals surface area (Å²) >= 11 is 1.70. The monoisotopic (exact) mass is 330 g/mol. The van der Waals surface area contributed by atoms with Crippen molar-refractivity contribution in [1.29, 1.82) is 0 Å². The molecule has 0 aliphatic carbocycles. The Morgan fingerprint density at radius 2 is 2.19 bits per heavy atom. The predicted octanol–water partition coefficient (Wildman–Crippen LogP) is 2.47. The number of rotatable bonds is 6. The first-order chi connectivity index (χ1) is 9.78. The molecule has 118 valence electrons. The molecule has 0 bridgehead atoms. The molecule has 1 aliphatic rings. The van der Waals surface area contributed by atoms with E-state index in [2.05, 4.69) is 10.6 Å². The van der Waals surface area contributed by atoms with Gasteiger partial charge in [0.2, 0.25) is 5.91 Å². The molecule has 0 aromatic heterocycles. The van der Waals surface area contributed by atoms with E-state index in [9.17, 15) is 4.79 Å². The summed E-state index contributed by atoms with van der Waals surface area (Å²) in [7, 11) is 1.66. The van der Waals surface area contributed by atoms with Gasteiger partial charge in [-0.25, -0.2) is 0 Å². The van der Waals surface area contributed by atoms with E-state index in [4.69, 9.17) is 4.74 Å².